The van der Waals surface area contributed by atoms with Crippen molar-refractivity contribution in [3.8, 4) is 6.07 Å². The van der Waals surface area contributed by atoms with Crippen LogP contribution >= 0.6 is 11.3 Å². The Bertz CT molecular complexity index is 818. The van der Waals surface area contributed by atoms with Crippen molar-refractivity contribution in [1.29, 1.82) is 5.26 Å². The molecule has 1 aromatic heterocycles. The highest BCUT2D eigenvalue weighted by Crippen LogP contribution is 2.48. The van der Waals surface area contributed by atoms with Gasteiger partial charge in [0.2, 0.25) is 5.91 Å². The van der Waals surface area contributed by atoms with Crippen LogP contribution in [0.15, 0.2) is 30.3 Å². The predicted molar refractivity (Wildman–Crippen MR) is 101 cm³/mol. The van der Waals surface area contributed by atoms with Crippen molar-refractivity contribution in [2.24, 2.45) is 5.92 Å². The summed E-state index contributed by atoms with van der Waals surface area (Å²) in [5.41, 5.74) is 3.15. The molecule has 128 valence electrons. The third-order valence-electron chi connectivity index (χ3n) is 5.37. The van der Waals surface area contributed by atoms with E-state index >= 15 is 0 Å². The van der Waals surface area contributed by atoms with Crippen LogP contribution in [0.2, 0.25) is 0 Å². The first kappa shape index (κ1) is 16.4. The molecule has 2 atom stereocenters. The van der Waals surface area contributed by atoms with Gasteiger partial charge in [-0.05, 0) is 49.1 Å². The standard InChI is InChI=1S/C21H22N2OS/c22-13-18-15-10-6-1-2-7-11-19(15)25-21(18)23-20(24)17-12-16(17)14-8-4-3-5-9-14/h3-5,8-9,16-17H,1-2,6-7,10-12H2,(H,23,24)/t16-,17-/m0/s1. The van der Waals surface area contributed by atoms with Crippen LogP contribution in [0.1, 0.15) is 59.6 Å². The average Bonchev–Trinajstić information content (AvgIpc) is 3.35. The number of hydrogen-bond donors (Lipinski definition) is 1. The molecule has 2 aliphatic carbocycles. The summed E-state index contributed by atoms with van der Waals surface area (Å²) in [4.78, 5) is 14.0. The summed E-state index contributed by atoms with van der Waals surface area (Å²) in [6, 6.07) is 12.6. The first-order chi connectivity index (χ1) is 12.3. The van der Waals surface area contributed by atoms with Gasteiger partial charge in [-0.3, -0.25) is 4.79 Å². The lowest BCUT2D eigenvalue weighted by Crippen LogP contribution is -2.14. The van der Waals surface area contributed by atoms with Crippen molar-refractivity contribution in [2.75, 3.05) is 5.32 Å². The largest absolute Gasteiger partial charge is 0.316 e. The summed E-state index contributed by atoms with van der Waals surface area (Å²) in [7, 11) is 0. The van der Waals surface area contributed by atoms with E-state index in [0.29, 0.717) is 11.5 Å². The Morgan fingerprint density at radius 3 is 2.64 bits per heavy atom. The van der Waals surface area contributed by atoms with Gasteiger partial charge < -0.3 is 5.32 Å². The molecule has 1 fully saturated rings. The van der Waals surface area contributed by atoms with Crippen LogP contribution in [-0.4, -0.2) is 5.91 Å². The van der Waals surface area contributed by atoms with E-state index in [2.05, 4.69) is 23.5 Å². The minimum atomic E-state index is 0.0404. The van der Waals surface area contributed by atoms with Crippen molar-refractivity contribution in [1.82, 2.24) is 0 Å². The number of thiophene rings is 1. The van der Waals surface area contributed by atoms with Crippen LogP contribution in [0.25, 0.3) is 0 Å². The van der Waals surface area contributed by atoms with Crippen molar-refractivity contribution in [3.05, 3.63) is 51.9 Å². The monoisotopic (exact) mass is 350 g/mol. The van der Waals surface area contributed by atoms with Gasteiger partial charge in [-0.2, -0.15) is 5.26 Å². The molecular weight excluding hydrogens is 328 g/mol. The molecule has 0 bridgehead atoms. The second-order valence-electron chi connectivity index (χ2n) is 7.08. The Morgan fingerprint density at radius 2 is 1.88 bits per heavy atom. The Balaban J connectivity index is 1.50. The summed E-state index contributed by atoms with van der Waals surface area (Å²) in [6.45, 7) is 0. The third kappa shape index (κ3) is 3.34. The topological polar surface area (TPSA) is 52.9 Å². The molecule has 0 radical (unpaired) electrons. The van der Waals surface area contributed by atoms with E-state index in [-0.39, 0.29) is 11.8 Å². The minimum Gasteiger partial charge on any atom is -0.316 e. The number of carbonyl (C=O) groups excluding carboxylic acids is 1. The highest BCUT2D eigenvalue weighted by molar-refractivity contribution is 7.16. The van der Waals surface area contributed by atoms with E-state index < -0.39 is 0 Å². The van der Waals surface area contributed by atoms with Crippen LogP contribution in [0.5, 0.6) is 0 Å². The third-order valence-corrected chi connectivity index (χ3v) is 6.58. The molecule has 0 aliphatic heterocycles. The number of nitrogens with one attached hydrogen (secondary N) is 1. The quantitative estimate of drug-likeness (QED) is 0.845. The lowest BCUT2D eigenvalue weighted by molar-refractivity contribution is -0.117. The second kappa shape index (κ2) is 7.01. The summed E-state index contributed by atoms with van der Waals surface area (Å²) < 4.78 is 0. The number of carbonyl (C=O) groups is 1. The van der Waals surface area contributed by atoms with Crippen molar-refractivity contribution < 1.29 is 4.79 Å². The van der Waals surface area contributed by atoms with E-state index in [0.717, 1.165) is 30.7 Å². The Morgan fingerprint density at radius 1 is 1.12 bits per heavy atom. The number of rotatable bonds is 3. The summed E-state index contributed by atoms with van der Waals surface area (Å²) in [6.07, 6.45) is 7.75. The molecule has 2 aliphatic rings. The fourth-order valence-electron chi connectivity index (χ4n) is 3.88. The highest BCUT2D eigenvalue weighted by atomic mass is 32.1. The van der Waals surface area contributed by atoms with E-state index in [4.69, 9.17) is 0 Å². The fraction of sp³-hybridized carbons (Fsp3) is 0.429. The molecule has 1 aromatic carbocycles. The van der Waals surface area contributed by atoms with Crippen molar-refractivity contribution in [3.63, 3.8) is 0 Å². The van der Waals surface area contributed by atoms with Crippen LogP contribution in [0.3, 0.4) is 0 Å². The summed E-state index contributed by atoms with van der Waals surface area (Å²) >= 11 is 1.63. The Labute approximate surface area is 152 Å². The summed E-state index contributed by atoms with van der Waals surface area (Å²) in [5, 5.41) is 13.5. The average molecular weight is 350 g/mol. The second-order valence-corrected chi connectivity index (χ2v) is 8.19. The molecule has 1 saturated carbocycles. The number of hydrogen-bond acceptors (Lipinski definition) is 3. The molecule has 4 heteroatoms. The Kier molecular flexibility index (Phi) is 4.59. The molecule has 0 unspecified atom stereocenters. The van der Waals surface area contributed by atoms with Crippen molar-refractivity contribution >= 4 is 22.2 Å². The van der Waals surface area contributed by atoms with Crippen LogP contribution in [-0.2, 0) is 17.6 Å². The number of anilines is 1. The molecule has 1 heterocycles. The number of amides is 1. The predicted octanol–water partition coefficient (Wildman–Crippen LogP) is 5.02. The van der Waals surface area contributed by atoms with E-state index in [1.54, 1.807) is 11.3 Å². The van der Waals surface area contributed by atoms with Crippen LogP contribution in [0.4, 0.5) is 5.00 Å². The molecule has 3 nitrogen and oxygen atoms in total. The maximum absolute atomic E-state index is 12.7. The van der Waals surface area contributed by atoms with Gasteiger partial charge in [0.1, 0.15) is 11.1 Å². The molecule has 1 amide bonds. The molecule has 25 heavy (non-hydrogen) atoms. The Hall–Kier alpha value is -2.12. The maximum Gasteiger partial charge on any atom is 0.228 e. The lowest BCUT2D eigenvalue weighted by Gasteiger charge is -2.08. The van der Waals surface area contributed by atoms with E-state index in [9.17, 15) is 10.1 Å². The van der Waals surface area contributed by atoms with Crippen LogP contribution in [0, 0.1) is 17.2 Å². The van der Waals surface area contributed by atoms with Gasteiger partial charge in [0.25, 0.3) is 0 Å². The summed E-state index contributed by atoms with van der Waals surface area (Å²) in [5.74, 6) is 0.436. The van der Waals surface area contributed by atoms with Crippen molar-refractivity contribution in [2.45, 2.75) is 50.9 Å². The first-order valence-electron chi connectivity index (χ1n) is 9.18. The minimum absolute atomic E-state index is 0.0404. The van der Waals surface area contributed by atoms with Gasteiger partial charge in [-0.15, -0.1) is 11.3 Å². The lowest BCUT2D eigenvalue weighted by atomic mass is 9.97. The zero-order valence-electron chi connectivity index (χ0n) is 14.3. The normalized spacial score (nSPS) is 22.2. The van der Waals surface area contributed by atoms with E-state index in [1.807, 2.05) is 18.2 Å². The molecule has 4 rings (SSSR count). The number of aryl methyl sites for hydroxylation is 1. The molecular formula is C21H22N2OS. The number of nitrogens with zero attached hydrogens (tertiary/aromatic N) is 1. The number of fused-ring (bicyclic) bond motifs is 1. The molecule has 0 spiro atoms. The van der Waals surface area contributed by atoms with Gasteiger partial charge in [-0.1, -0.05) is 43.2 Å². The molecule has 0 saturated heterocycles. The van der Waals surface area contributed by atoms with Gasteiger partial charge in [0.05, 0.1) is 5.56 Å². The van der Waals surface area contributed by atoms with Crippen LogP contribution < -0.4 is 5.32 Å². The SMILES string of the molecule is N#Cc1c(NC(=O)[C@H]2C[C@H]2c2ccccc2)sc2c1CCCCCC2. The zero-order chi connectivity index (χ0) is 17.2. The van der Waals surface area contributed by atoms with E-state index in [1.165, 1.54) is 35.3 Å². The highest BCUT2D eigenvalue weighted by Gasteiger charge is 2.44. The fourth-order valence-corrected chi connectivity index (χ4v) is 5.13. The first-order valence-corrected chi connectivity index (χ1v) is 10.00. The number of nitriles is 1. The molecule has 1 N–H and O–H groups in total. The number of benzene rings is 1. The molecule has 2 aromatic rings. The van der Waals surface area contributed by atoms with Gasteiger partial charge >= 0.3 is 0 Å². The van der Waals surface area contributed by atoms with Gasteiger partial charge in [-0.25, -0.2) is 0 Å². The smallest absolute Gasteiger partial charge is 0.228 e. The van der Waals surface area contributed by atoms with Gasteiger partial charge in [0.15, 0.2) is 0 Å². The van der Waals surface area contributed by atoms with Gasteiger partial charge in [0, 0.05) is 10.8 Å². The zero-order valence-corrected chi connectivity index (χ0v) is 15.1. The maximum atomic E-state index is 12.7.